The molecule has 0 aliphatic carbocycles. The Morgan fingerprint density at radius 1 is 1.43 bits per heavy atom. The van der Waals surface area contributed by atoms with Gasteiger partial charge in [0.2, 0.25) is 0 Å². The third-order valence-electron chi connectivity index (χ3n) is 3.40. The van der Waals surface area contributed by atoms with Crippen molar-refractivity contribution < 1.29 is 4.39 Å². The number of aryl methyl sites for hydroxylation is 1. The van der Waals surface area contributed by atoms with E-state index in [9.17, 15) is 4.39 Å². The molecule has 0 radical (unpaired) electrons. The van der Waals surface area contributed by atoms with Crippen molar-refractivity contribution in [3.63, 3.8) is 0 Å². The molecule has 0 amide bonds. The van der Waals surface area contributed by atoms with Crippen molar-refractivity contribution in [1.29, 1.82) is 0 Å². The third-order valence-corrected chi connectivity index (χ3v) is 4.20. The summed E-state index contributed by atoms with van der Waals surface area (Å²) >= 11 is 9.44. The van der Waals surface area contributed by atoms with Crippen molar-refractivity contribution in [2.75, 3.05) is 0 Å². The normalized spacial score (nSPS) is 13.0. The van der Waals surface area contributed by atoms with Crippen molar-refractivity contribution in [2.45, 2.75) is 18.8 Å². The molecule has 4 nitrogen and oxygen atoms in total. The van der Waals surface area contributed by atoms with Gasteiger partial charge in [0.05, 0.1) is 27.4 Å². The highest BCUT2D eigenvalue weighted by Crippen LogP contribution is 2.29. The second kappa shape index (κ2) is 5.42. The lowest BCUT2D eigenvalue weighted by molar-refractivity contribution is 0.622. The fourth-order valence-electron chi connectivity index (χ4n) is 2.30. The quantitative estimate of drug-likeness (QED) is 0.652. The number of alkyl halides is 1. The molecular formula is C14H13BrClFN4. The van der Waals surface area contributed by atoms with Crippen molar-refractivity contribution in [3.8, 4) is 0 Å². The topological polar surface area (TPSA) is 35.6 Å². The Labute approximate surface area is 134 Å². The van der Waals surface area contributed by atoms with E-state index in [0.717, 1.165) is 11.3 Å². The summed E-state index contributed by atoms with van der Waals surface area (Å²) in [5.74, 6) is 1.25. The molecule has 0 aliphatic heterocycles. The van der Waals surface area contributed by atoms with Crippen LogP contribution in [-0.4, -0.2) is 19.1 Å². The van der Waals surface area contributed by atoms with Crippen LogP contribution in [0.3, 0.4) is 0 Å². The predicted molar refractivity (Wildman–Crippen MR) is 84.0 cm³/mol. The van der Waals surface area contributed by atoms with Gasteiger partial charge in [-0.1, -0.05) is 0 Å². The van der Waals surface area contributed by atoms with Crippen molar-refractivity contribution in [3.05, 3.63) is 46.5 Å². The number of nitrogens with zero attached hydrogens (tertiary/aromatic N) is 4. The Morgan fingerprint density at radius 3 is 2.81 bits per heavy atom. The molecule has 0 spiro atoms. The molecule has 1 aromatic carbocycles. The second-order valence-corrected chi connectivity index (χ2v) is 6.39. The molecule has 0 aliphatic rings. The number of aromatic nitrogens is 4. The van der Waals surface area contributed by atoms with E-state index >= 15 is 0 Å². The van der Waals surface area contributed by atoms with Crippen molar-refractivity contribution in [1.82, 2.24) is 19.1 Å². The van der Waals surface area contributed by atoms with Crippen LogP contribution in [0.25, 0.3) is 11.0 Å². The Morgan fingerprint density at radius 2 is 2.19 bits per heavy atom. The maximum atomic E-state index is 13.7. The van der Waals surface area contributed by atoms with Crippen LogP contribution >= 0.6 is 27.5 Å². The summed E-state index contributed by atoms with van der Waals surface area (Å²) in [6.45, 7) is 2.38. The van der Waals surface area contributed by atoms with E-state index in [0.29, 0.717) is 22.4 Å². The van der Waals surface area contributed by atoms with Gasteiger partial charge in [-0.15, -0.1) is 11.6 Å². The minimum atomic E-state index is -0.335. The number of halogens is 3. The summed E-state index contributed by atoms with van der Waals surface area (Å²) in [6, 6.07) is 3.14. The first-order valence-corrected chi connectivity index (χ1v) is 7.65. The molecule has 7 heteroatoms. The Kier molecular flexibility index (Phi) is 3.75. The van der Waals surface area contributed by atoms with Gasteiger partial charge in [0.15, 0.2) is 0 Å². The first-order chi connectivity index (χ1) is 9.97. The number of fused-ring (bicyclic) bond motifs is 1. The monoisotopic (exact) mass is 370 g/mol. The van der Waals surface area contributed by atoms with Gasteiger partial charge in [0.25, 0.3) is 0 Å². The van der Waals surface area contributed by atoms with Gasteiger partial charge in [0.1, 0.15) is 17.5 Å². The van der Waals surface area contributed by atoms with Crippen molar-refractivity contribution in [2.24, 2.45) is 7.05 Å². The number of hydrogen-bond acceptors (Lipinski definition) is 2. The molecule has 0 saturated carbocycles. The lowest BCUT2D eigenvalue weighted by Crippen LogP contribution is -2.09. The zero-order chi connectivity index (χ0) is 15.1. The number of rotatable bonds is 3. The van der Waals surface area contributed by atoms with Gasteiger partial charge in [-0.3, -0.25) is 0 Å². The summed E-state index contributed by atoms with van der Waals surface area (Å²) < 4.78 is 18.0. The fourth-order valence-corrected chi connectivity index (χ4v) is 2.80. The molecule has 21 heavy (non-hydrogen) atoms. The van der Waals surface area contributed by atoms with Gasteiger partial charge < -0.3 is 9.13 Å². The molecule has 1 atom stereocenters. The minimum Gasteiger partial charge on any atom is -0.337 e. The smallest absolute Gasteiger partial charge is 0.139 e. The molecule has 0 bridgehead atoms. The van der Waals surface area contributed by atoms with Crippen LogP contribution in [0, 0.1) is 5.82 Å². The molecule has 1 unspecified atom stereocenters. The highest BCUT2D eigenvalue weighted by molar-refractivity contribution is 9.10. The highest BCUT2D eigenvalue weighted by Gasteiger charge is 2.18. The SMILES string of the molecule is CC(Cl)c1nc2cc(F)c(Br)cc2n1Cc1nccn1C. The summed E-state index contributed by atoms with van der Waals surface area (Å²) in [7, 11) is 1.93. The molecule has 2 heterocycles. The van der Waals surface area contributed by atoms with Crippen LogP contribution < -0.4 is 0 Å². The average Bonchev–Trinajstić information content (AvgIpc) is 2.97. The summed E-state index contributed by atoms with van der Waals surface area (Å²) in [5.41, 5.74) is 1.42. The third kappa shape index (κ3) is 2.58. The van der Waals surface area contributed by atoms with E-state index in [-0.39, 0.29) is 11.2 Å². The van der Waals surface area contributed by atoms with Crippen LogP contribution in [0.2, 0.25) is 0 Å². The first-order valence-electron chi connectivity index (χ1n) is 6.43. The maximum Gasteiger partial charge on any atom is 0.139 e. The molecular weight excluding hydrogens is 359 g/mol. The predicted octanol–water partition coefficient (Wildman–Crippen LogP) is 4.02. The second-order valence-electron chi connectivity index (χ2n) is 4.88. The van der Waals surface area contributed by atoms with Crippen LogP contribution in [0.1, 0.15) is 23.9 Å². The van der Waals surface area contributed by atoms with Crippen LogP contribution in [0.4, 0.5) is 4.39 Å². The van der Waals surface area contributed by atoms with Gasteiger partial charge >= 0.3 is 0 Å². The number of benzene rings is 1. The maximum absolute atomic E-state index is 13.7. The van der Waals surface area contributed by atoms with E-state index in [1.807, 2.05) is 29.3 Å². The first kappa shape index (κ1) is 14.5. The number of hydrogen-bond donors (Lipinski definition) is 0. The zero-order valence-corrected chi connectivity index (χ0v) is 13.9. The molecule has 0 saturated heterocycles. The summed E-state index contributed by atoms with van der Waals surface area (Å²) in [6.07, 6.45) is 3.63. The fraction of sp³-hybridized carbons (Fsp3) is 0.286. The molecule has 0 fully saturated rings. The van der Waals surface area contributed by atoms with E-state index < -0.39 is 0 Å². The molecule has 3 rings (SSSR count). The largest absolute Gasteiger partial charge is 0.337 e. The van der Waals surface area contributed by atoms with Gasteiger partial charge in [-0.2, -0.15) is 0 Å². The molecule has 110 valence electrons. The van der Waals surface area contributed by atoms with Crippen LogP contribution in [0.15, 0.2) is 29.0 Å². The van der Waals surface area contributed by atoms with Crippen molar-refractivity contribution >= 4 is 38.6 Å². The Hall–Kier alpha value is -1.40. The Balaban J connectivity index is 2.20. The average molecular weight is 372 g/mol. The standard InChI is InChI=1S/C14H13BrClFN4/c1-8(16)14-19-11-6-10(17)9(15)5-12(11)21(14)7-13-18-3-4-20(13)2/h3-6,8H,7H2,1-2H3. The van der Waals surface area contributed by atoms with Crippen LogP contribution in [0.5, 0.6) is 0 Å². The summed E-state index contributed by atoms with van der Waals surface area (Å²) in [4.78, 5) is 8.78. The van der Waals surface area contributed by atoms with E-state index in [1.54, 1.807) is 12.3 Å². The molecule has 0 N–H and O–H groups in total. The lowest BCUT2D eigenvalue weighted by Gasteiger charge is -2.10. The van der Waals surface area contributed by atoms with Crippen LogP contribution in [-0.2, 0) is 13.6 Å². The van der Waals surface area contributed by atoms with E-state index in [4.69, 9.17) is 11.6 Å². The van der Waals surface area contributed by atoms with Gasteiger partial charge in [-0.25, -0.2) is 14.4 Å². The minimum absolute atomic E-state index is 0.278. The lowest BCUT2D eigenvalue weighted by atomic mass is 10.3. The number of imidazole rings is 2. The highest BCUT2D eigenvalue weighted by atomic mass is 79.9. The van der Waals surface area contributed by atoms with E-state index in [1.165, 1.54) is 6.07 Å². The van der Waals surface area contributed by atoms with Gasteiger partial charge in [0, 0.05) is 25.5 Å². The van der Waals surface area contributed by atoms with E-state index in [2.05, 4.69) is 25.9 Å². The molecule has 3 aromatic rings. The summed E-state index contributed by atoms with van der Waals surface area (Å²) in [5, 5.41) is -0.278. The Bertz CT molecular complexity index is 809. The molecule has 2 aromatic heterocycles. The van der Waals surface area contributed by atoms with Gasteiger partial charge in [-0.05, 0) is 28.9 Å². The zero-order valence-electron chi connectivity index (χ0n) is 11.5.